The van der Waals surface area contributed by atoms with Crippen LogP contribution in [0.15, 0.2) is 66.2 Å². The fraction of sp³-hybridized carbons (Fsp3) is 0.120. The first-order valence-corrected chi connectivity index (χ1v) is 11.1. The normalized spacial score (nSPS) is 10.8. The van der Waals surface area contributed by atoms with Gasteiger partial charge in [0.15, 0.2) is 11.5 Å². The van der Waals surface area contributed by atoms with E-state index in [1.165, 1.54) is 37.5 Å². The molecule has 0 saturated heterocycles. The zero-order valence-electron chi connectivity index (χ0n) is 18.4. The monoisotopic (exact) mass is 569 g/mol. The quantitative estimate of drug-likeness (QED) is 0.124. The number of ether oxygens (including phenoxy) is 2. The number of nitriles is 1. The van der Waals surface area contributed by atoms with Crippen LogP contribution in [0.5, 0.6) is 11.5 Å². The third-order valence-corrected chi connectivity index (χ3v) is 5.57. The summed E-state index contributed by atoms with van der Waals surface area (Å²) in [6.45, 7) is 2.38. The smallest absolute Gasteiger partial charge is 0.269 e. The molecule has 0 fully saturated rings. The van der Waals surface area contributed by atoms with Crippen molar-refractivity contribution in [3.05, 3.63) is 96.6 Å². The minimum absolute atomic E-state index is 0.0968. The van der Waals surface area contributed by atoms with Gasteiger partial charge in [-0.05, 0) is 71.0 Å². The highest BCUT2D eigenvalue weighted by Crippen LogP contribution is 2.35. The number of aryl methyl sites for hydroxylation is 1. The number of nitro groups is 1. The summed E-state index contributed by atoms with van der Waals surface area (Å²) in [6.07, 6.45) is 1.44. The summed E-state index contributed by atoms with van der Waals surface area (Å²) in [5, 5.41) is 22.8. The summed E-state index contributed by atoms with van der Waals surface area (Å²) < 4.78 is 12.2. The molecule has 0 aliphatic rings. The number of nitrogens with zero attached hydrogens (tertiary/aromatic N) is 2. The van der Waals surface area contributed by atoms with Crippen LogP contribution in [0.2, 0.25) is 0 Å². The number of non-ortho nitro benzene ring substituents is 1. The molecule has 0 spiro atoms. The highest BCUT2D eigenvalue weighted by Gasteiger charge is 2.15. The molecule has 172 valence electrons. The fourth-order valence-corrected chi connectivity index (χ4v) is 3.76. The van der Waals surface area contributed by atoms with E-state index in [-0.39, 0.29) is 11.3 Å². The van der Waals surface area contributed by atoms with Gasteiger partial charge in [-0.1, -0.05) is 29.8 Å². The van der Waals surface area contributed by atoms with Gasteiger partial charge >= 0.3 is 0 Å². The lowest BCUT2D eigenvalue weighted by Crippen LogP contribution is -2.13. The maximum Gasteiger partial charge on any atom is 0.269 e. The van der Waals surface area contributed by atoms with Crippen molar-refractivity contribution in [1.29, 1.82) is 5.26 Å². The molecule has 34 heavy (non-hydrogen) atoms. The molecule has 0 aromatic heterocycles. The zero-order chi connectivity index (χ0) is 24.7. The highest BCUT2D eigenvalue weighted by molar-refractivity contribution is 14.1. The lowest BCUT2D eigenvalue weighted by Gasteiger charge is -2.14. The molecule has 0 saturated carbocycles. The molecule has 0 atom stereocenters. The van der Waals surface area contributed by atoms with Gasteiger partial charge < -0.3 is 14.8 Å². The van der Waals surface area contributed by atoms with Crippen molar-refractivity contribution in [3.63, 3.8) is 0 Å². The standard InChI is InChI=1S/C25H20IN3O5/c1-16-3-5-17(6-4-16)15-34-24-22(26)12-18(13-23(24)33-2)11-19(14-27)25(30)28-20-7-9-21(10-8-20)29(31)32/h3-13H,15H2,1-2H3,(H,28,30). The zero-order valence-corrected chi connectivity index (χ0v) is 20.5. The van der Waals surface area contributed by atoms with Gasteiger partial charge in [0.1, 0.15) is 18.2 Å². The third-order valence-electron chi connectivity index (χ3n) is 4.77. The second-order valence-corrected chi connectivity index (χ2v) is 8.40. The Morgan fingerprint density at radius 3 is 2.44 bits per heavy atom. The number of halogens is 1. The lowest BCUT2D eigenvalue weighted by molar-refractivity contribution is -0.384. The molecule has 0 bridgehead atoms. The van der Waals surface area contributed by atoms with Gasteiger partial charge in [0, 0.05) is 17.8 Å². The Hall–Kier alpha value is -3.91. The van der Waals surface area contributed by atoms with Crippen LogP contribution in [-0.4, -0.2) is 17.9 Å². The first-order chi connectivity index (χ1) is 16.3. The number of methoxy groups -OCH3 is 1. The summed E-state index contributed by atoms with van der Waals surface area (Å²) in [5.41, 5.74) is 2.87. The molecule has 8 nitrogen and oxygen atoms in total. The number of benzene rings is 3. The molecule has 1 N–H and O–H groups in total. The molecule has 0 aliphatic carbocycles. The predicted molar refractivity (Wildman–Crippen MR) is 137 cm³/mol. The van der Waals surface area contributed by atoms with Crippen molar-refractivity contribution in [2.75, 3.05) is 12.4 Å². The molecule has 1 amide bonds. The summed E-state index contributed by atoms with van der Waals surface area (Å²) >= 11 is 2.11. The molecular weight excluding hydrogens is 549 g/mol. The van der Waals surface area contributed by atoms with Crippen LogP contribution in [0.25, 0.3) is 6.08 Å². The summed E-state index contributed by atoms with van der Waals surface area (Å²) in [4.78, 5) is 22.8. The van der Waals surface area contributed by atoms with Crippen LogP contribution < -0.4 is 14.8 Å². The second kappa shape index (κ2) is 11.3. The number of amides is 1. The van der Waals surface area contributed by atoms with E-state index in [9.17, 15) is 20.2 Å². The molecule has 9 heteroatoms. The molecular formula is C25H20IN3O5. The number of rotatable bonds is 8. The highest BCUT2D eigenvalue weighted by atomic mass is 127. The van der Waals surface area contributed by atoms with E-state index in [2.05, 4.69) is 27.9 Å². The molecule has 0 aliphatic heterocycles. The van der Waals surface area contributed by atoms with E-state index in [1.54, 1.807) is 12.1 Å². The van der Waals surface area contributed by atoms with Gasteiger partial charge in [-0.2, -0.15) is 5.26 Å². The van der Waals surface area contributed by atoms with Crippen molar-refractivity contribution in [3.8, 4) is 17.6 Å². The lowest BCUT2D eigenvalue weighted by atomic mass is 10.1. The number of nitro benzene ring substituents is 1. The Morgan fingerprint density at radius 2 is 1.85 bits per heavy atom. The molecule has 3 rings (SSSR count). The van der Waals surface area contributed by atoms with Crippen LogP contribution in [-0.2, 0) is 11.4 Å². The summed E-state index contributed by atoms with van der Waals surface area (Å²) in [5.74, 6) is 0.401. The Labute approximate surface area is 210 Å². The maximum atomic E-state index is 12.6. The number of carbonyl (C=O) groups is 1. The Kier molecular flexibility index (Phi) is 8.21. The summed E-state index contributed by atoms with van der Waals surface area (Å²) in [6, 6.07) is 18.7. The summed E-state index contributed by atoms with van der Waals surface area (Å²) in [7, 11) is 1.52. The van der Waals surface area contributed by atoms with E-state index in [1.807, 2.05) is 37.3 Å². The van der Waals surface area contributed by atoms with E-state index < -0.39 is 10.8 Å². The van der Waals surface area contributed by atoms with Crippen molar-refractivity contribution in [1.82, 2.24) is 0 Å². The maximum absolute atomic E-state index is 12.6. The largest absolute Gasteiger partial charge is 0.493 e. The first-order valence-electron chi connectivity index (χ1n) is 10.0. The van der Waals surface area contributed by atoms with Crippen molar-refractivity contribution >= 4 is 45.9 Å². The number of anilines is 1. The van der Waals surface area contributed by atoms with E-state index in [4.69, 9.17) is 9.47 Å². The minimum atomic E-state index is -0.634. The Bertz CT molecular complexity index is 1280. The van der Waals surface area contributed by atoms with E-state index >= 15 is 0 Å². The van der Waals surface area contributed by atoms with Crippen LogP contribution in [0.1, 0.15) is 16.7 Å². The second-order valence-electron chi connectivity index (χ2n) is 7.24. The Balaban J connectivity index is 1.78. The van der Waals surface area contributed by atoms with Gasteiger partial charge in [0.05, 0.1) is 15.6 Å². The van der Waals surface area contributed by atoms with Crippen LogP contribution in [0.4, 0.5) is 11.4 Å². The molecule has 0 unspecified atom stereocenters. The molecule has 3 aromatic rings. The van der Waals surface area contributed by atoms with Crippen LogP contribution >= 0.6 is 22.6 Å². The van der Waals surface area contributed by atoms with Gasteiger partial charge in [-0.3, -0.25) is 14.9 Å². The average Bonchev–Trinajstić information content (AvgIpc) is 2.82. The predicted octanol–water partition coefficient (Wildman–Crippen LogP) is 5.64. The third kappa shape index (κ3) is 6.32. The number of nitrogens with one attached hydrogen (secondary N) is 1. The SMILES string of the molecule is COc1cc(C=C(C#N)C(=O)Nc2ccc([N+](=O)[O-])cc2)cc(I)c1OCc1ccc(C)cc1. The van der Waals surface area contributed by atoms with Crippen molar-refractivity contribution in [2.45, 2.75) is 13.5 Å². The van der Waals surface area contributed by atoms with Gasteiger partial charge in [0.25, 0.3) is 11.6 Å². The molecule has 0 heterocycles. The number of hydrogen-bond donors (Lipinski definition) is 1. The number of carbonyl (C=O) groups excluding carboxylic acids is 1. The topological polar surface area (TPSA) is 114 Å². The van der Waals surface area contributed by atoms with Crippen molar-refractivity contribution in [2.24, 2.45) is 0 Å². The average molecular weight is 569 g/mol. The first kappa shape index (κ1) is 24.7. The van der Waals surface area contributed by atoms with E-state index in [0.29, 0.717) is 29.4 Å². The molecule has 3 aromatic carbocycles. The van der Waals surface area contributed by atoms with Crippen LogP contribution in [0, 0.1) is 31.9 Å². The van der Waals surface area contributed by atoms with Gasteiger partial charge in [-0.15, -0.1) is 0 Å². The van der Waals surface area contributed by atoms with Crippen molar-refractivity contribution < 1.29 is 19.2 Å². The van der Waals surface area contributed by atoms with Crippen LogP contribution in [0.3, 0.4) is 0 Å². The van der Waals surface area contributed by atoms with E-state index in [0.717, 1.165) is 14.7 Å². The molecule has 0 radical (unpaired) electrons. The van der Waals surface area contributed by atoms with Gasteiger partial charge in [0.2, 0.25) is 0 Å². The fourth-order valence-electron chi connectivity index (χ4n) is 2.98. The Morgan fingerprint density at radius 1 is 1.18 bits per heavy atom. The minimum Gasteiger partial charge on any atom is -0.493 e. The number of hydrogen-bond acceptors (Lipinski definition) is 6. The van der Waals surface area contributed by atoms with Gasteiger partial charge in [-0.25, -0.2) is 0 Å².